The number of nitrogens with one attached hydrogen (secondary N) is 1. The summed E-state index contributed by atoms with van der Waals surface area (Å²) in [5, 5.41) is 7.81. The Bertz CT molecular complexity index is 386. The average Bonchev–Trinajstić information content (AvgIpc) is 2.80. The van der Waals surface area contributed by atoms with Crippen molar-refractivity contribution in [3.05, 3.63) is 58.3 Å². The first kappa shape index (κ1) is 13.2. The van der Waals surface area contributed by atoms with Gasteiger partial charge >= 0.3 is 0 Å². The first-order valence-corrected chi connectivity index (χ1v) is 6.10. The summed E-state index contributed by atoms with van der Waals surface area (Å²) in [7, 11) is 0. The monoisotopic (exact) mass is 253 g/mol. The number of hydrogen-bond acceptors (Lipinski definition) is 2. The summed E-state index contributed by atoms with van der Waals surface area (Å²) < 4.78 is 0. The minimum Gasteiger partial charge on any atom is -0.306 e. The lowest BCUT2D eigenvalue weighted by molar-refractivity contribution is 0.575. The molecule has 1 N–H and O–H groups in total. The molecule has 0 aliphatic rings. The van der Waals surface area contributed by atoms with E-state index in [1.54, 1.807) is 11.3 Å². The van der Waals surface area contributed by atoms with Crippen LogP contribution >= 0.6 is 23.7 Å². The van der Waals surface area contributed by atoms with Crippen molar-refractivity contribution in [2.75, 3.05) is 0 Å². The SMILES string of the molecule is CC(NCc1ccsc1)c1ccccc1.Cl. The van der Waals surface area contributed by atoms with E-state index in [1.807, 2.05) is 0 Å². The van der Waals surface area contributed by atoms with Crippen molar-refractivity contribution >= 4 is 23.7 Å². The van der Waals surface area contributed by atoms with Crippen molar-refractivity contribution in [3.63, 3.8) is 0 Å². The molecule has 0 spiro atoms. The van der Waals surface area contributed by atoms with Crippen molar-refractivity contribution in [1.29, 1.82) is 0 Å². The molecule has 0 saturated heterocycles. The van der Waals surface area contributed by atoms with Crippen LogP contribution in [0.15, 0.2) is 47.2 Å². The van der Waals surface area contributed by atoms with Gasteiger partial charge in [-0.2, -0.15) is 11.3 Å². The Morgan fingerprint density at radius 3 is 2.56 bits per heavy atom. The van der Waals surface area contributed by atoms with Crippen LogP contribution in [-0.4, -0.2) is 0 Å². The van der Waals surface area contributed by atoms with Gasteiger partial charge in [0.25, 0.3) is 0 Å². The second-order valence-corrected chi connectivity index (χ2v) is 4.42. The van der Waals surface area contributed by atoms with Gasteiger partial charge in [-0.3, -0.25) is 0 Å². The molecule has 0 aliphatic carbocycles. The number of thiophene rings is 1. The highest BCUT2D eigenvalue weighted by Crippen LogP contribution is 2.13. The van der Waals surface area contributed by atoms with Crippen molar-refractivity contribution in [2.45, 2.75) is 19.5 Å². The second kappa shape index (κ2) is 6.69. The average molecular weight is 254 g/mol. The predicted octanol–water partition coefficient (Wildman–Crippen LogP) is 4.02. The zero-order chi connectivity index (χ0) is 10.5. The fraction of sp³-hybridized carbons (Fsp3) is 0.231. The Hall–Kier alpha value is -0.830. The van der Waals surface area contributed by atoms with E-state index in [9.17, 15) is 0 Å². The first-order valence-electron chi connectivity index (χ1n) is 5.15. The third kappa shape index (κ3) is 3.63. The molecule has 0 fully saturated rings. The summed E-state index contributed by atoms with van der Waals surface area (Å²) in [4.78, 5) is 0. The van der Waals surface area contributed by atoms with E-state index in [0.29, 0.717) is 6.04 Å². The summed E-state index contributed by atoms with van der Waals surface area (Å²) in [6.45, 7) is 3.14. The summed E-state index contributed by atoms with van der Waals surface area (Å²) in [6.07, 6.45) is 0. The number of halogens is 1. The van der Waals surface area contributed by atoms with Crippen molar-refractivity contribution in [3.8, 4) is 0 Å². The largest absolute Gasteiger partial charge is 0.306 e. The van der Waals surface area contributed by atoms with Crippen LogP contribution < -0.4 is 5.32 Å². The number of benzene rings is 1. The Kier molecular flexibility index (Phi) is 5.53. The summed E-state index contributed by atoms with van der Waals surface area (Å²) >= 11 is 1.75. The smallest absolute Gasteiger partial charge is 0.0294 e. The molecule has 3 heteroatoms. The zero-order valence-corrected chi connectivity index (χ0v) is 10.9. The summed E-state index contributed by atoms with van der Waals surface area (Å²) in [5.74, 6) is 0. The van der Waals surface area contributed by atoms with Crippen LogP contribution in [0.5, 0.6) is 0 Å². The van der Waals surface area contributed by atoms with Gasteiger partial charge < -0.3 is 5.32 Å². The first-order chi connectivity index (χ1) is 7.36. The van der Waals surface area contributed by atoms with Gasteiger partial charge in [-0.15, -0.1) is 12.4 Å². The highest BCUT2D eigenvalue weighted by Gasteiger charge is 2.03. The lowest BCUT2D eigenvalue weighted by Gasteiger charge is -2.13. The Morgan fingerprint density at radius 2 is 1.94 bits per heavy atom. The molecule has 1 aromatic carbocycles. The predicted molar refractivity (Wildman–Crippen MR) is 73.3 cm³/mol. The lowest BCUT2D eigenvalue weighted by Crippen LogP contribution is -2.17. The maximum absolute atomic E-state index is 3.51. The fourth-order valence-corrected chi connectivity index (χ4v) is 2.19. The molecule has 0 aliphatic heterocycles. The van der Waals surface area contributed by atoms with E-state index in [-0.39, 0.29) is 12.4 Å². The molecule has 1 nitrogen and oxygen atoms in total. The van der Waals surface area contributed by atoms with Gasteiger partial charge in [0.1, 0.15) is 0 Å². The molecule has 0 radical (unpaired) electrons. The van der Waals surface area contributed by atoms with Crippen molar-refractivity contribution in [2.24, 2.45) is 0 Å². The van der Waals surface area contributed by atoms with E-state index < -0.39 is 0 Å². The van der Waals surface area contributed by atoms with E-state index in [0.717, 1.165) is 6.54 Å². The highest BCUT2D eigenvalue weighted by atomic mass is 35.5. The summed E-state index contributed by atoms with van der Waals surface area (Å²) in [6, 6.07) is 13.1. The Balaban J connectivity index is 0.00000128. The molecule has 0 amide bonds. The van der Waals surface area contributed by atoms with Gasteiger partial charge in [-0.1, -0.05) is 30.3 Å². The van der Waals surface area contributed by atoms with Gasteiger partial charge in [0.2, 0.25) is 0 Å². The van der Waals surface area contributed by atoms with Crippen LogP contribution in [0.4, 0.5) is 0 Å². The van der Waals surface area contributed by atoms with Crippen LogP contribution in [0.1, 0.15) is 24.1 Å². The van der Waals surface area contributed by atoms with Gasteiger partial charge in [-0.25, -0.2) is 0 Å². The lowest BCUT2D eigenvalue weighted by atomic mass is 10.1. The number of hydrogen-bond donors (Lipinski definition) is 1. The summed E-state index contributed by atoms with van der Waals surface area (Å²) in [5.41, 5.74) is 2.70. The molecular weight excluding hydrogens is 238 g/mol. The zero-order valence-electron chi connectivity index (χ0n) is 9.22. The van der Waals surface area contributed by atoms with Crippen LogP contribution in [0.2, 0.25) is 0 Å². The molecular formula is C13H16ClNS. The molecule has 16 heavy (non-hydrogen) atoms. The normalized spacial score (nSPS) is 11.8. The van der Waals surface area contributed by atoms with Gasteiger partial charge in [0.15, 0.2) is 0 Å². The Labute approximate surface area is 107 Å². The minimum absolute atomic E-state index is 0. The van der Waals surface area contributed by atoms with Crippen LogP contribution in [-0.2, 0) is 6.54 Å². The van der Waals surface area contributed by atoms with Gasteiger partial charge in [0.05, 0.1) is 0 Å². The second-order valence-electron chi connectivity index (χ2n) is 3.64. The molecule has 2 aromatic rings. The molecule has 0 bridgehead atoms. The van der Waals surface area contributed by atoms with E-state index in [2.05, 4.69) is 59.4 Å². The van der Waals surface area contributed by atoms with Gasteiger partial charge in [-0.05, 0) is 34.9 Å². The molecule has 1 heterocycles. The quantitative estimate of drug-likeness (QED) is 0.868. The maximum Gasteiger partial charge on any atom is 0.0294 e. The minimum atomic E-state index is 0. The fourth-order valence-electron chi connectivity index (χ4n) is 1.52. The van der Waals surface area contributed by atoms with Crippen LogP contribution in [0.3, 0.4) is 0 Å². The standard InChI is InChI=1S/C13H15NS.ClH/c1-11(13-5-3-2-4-6-13)14-9-12-7-8-15-10-12;/h2-8,10-11,14H,9H2,1H3;1H. The van der Waals surface area contributed by atoms with Crippen LogP contribution in [0, 0.1) is 0 Å². The molecule has 1 unspecified atom stereocenters. The maximum atomic E-state index is 3.51. The molecule has 0 saturated carbocycles. The molecule has 1 aromatic heterocycles. The Morgan fingerprint density at radius 1 is 1.19 bits per heavy atom. The van der Waals surface area contributed by atoms with Crippen LogP contribution in [0.25, 0.3) is 0 Å². The molecule has 2 rings (SSSR count). The van der Waals surface area contributed by atoms with E-state index in [1.165, 1.54) is 11.1 Å². The molecule has 86 valence electrons. The third-order valence-electron chi connectivity index (χ3n) is 2.49. The topological polar surface area (TPSA) is 12.0 Å². The highest BCUT2D eigenvalue weighted by molar-refractivity contribution is 7.07. The van der Waals surface area contributed by atoms with Crippen molar-refractivity contribution in [1.82, 2.24) is 5.32 Å². The van der Waals surface area contributed by atoms with E-state index in [4.69, 9.17) is 0 Å². The third-order valence-corrected chi connectivity index (χ3v) is 3.22. The van der Waals surface area contributed by atoms with Gasteiger partial charge in [0, 0.05) is 12.6 Å². The molecule has 1 atom stereocenters. The van der Waals surface area contributed by atoms with Crippen molar-refractivity contribution < 1.29 is 0 Å². The van der Waals surface area contributed by atoms with E-state index >= 15 is 0 Å². The number of rotatable bonds is 4.